The minimum Gasteiger partial charge on any atom is -0.463 e. The smallest absolute Gasteiger partial charge is 0.254 e. The van der Waals surface area contributed by atoms with Crippen molar-refractivity contribution in [1.29, 1.82) is 0 Å². The fraction of sp³-hybridized carbons (Fsp3) is 0.400. The molecule has 0 aliphatic carbocycles. The number of furan rings is 1. The monoisotopic (exact) mass is 303 g/mol. The Balaban J connectivity index is 1.60. The van der Waals surface area contributed by atoms with Crippen LogP contribution in [-0.4, -0.2) is 34.7 Å². The van der Waals surface area contributed by atoms with Crippen molar-refractivity contribution >= 4 is 5.91 Å². The van der Waals surface area contributed by atoms with E-state index in [2.05, 4.69) is 10.3 Å². The first-order chi connectivity index (χ1) is 10.7. The first-order valence-corrected chi connectivity index (χ1v) is 7.21. The van der Waals surface area contributed by atoms with Gasteiger partial charge in [0, 0.05) is 19.2 Å². The summed E-state index contributed by atoms with van der Waals surface area (Å²) in [5.74, 6) is 0.289. The summed E-state index contributed by atoms with van der Waals surface area (Å²) in [5.41, 5.74) is 0.152. The summed E-state index contributed by atoms with van der Waals surface area (Å²) in [6.07, 6.45) is 4.94. The van der Waals surface area contributed by atoms with Gasteiger partial charge in [0.05, 0.1) is 18.7 Å². The van der Waals surface area contributed by atoms with Gasteiger partial charge in [-0.1, -0.05) is 0 Å². The van der Waals surface area contributed by atoms with Gasteiger partial charge < -0.3 is 14.5 Å². The van der Waals surface area contributed by atoms with Crippen molar-refractivity contribution in [2.45, 2.75) is 25.5 Å². The Hall–Kier alpha value is -2.41. The van der Waals surface area contributed by atoms with Gasteiger partial charge in [0.25, 0.3) is 5.56 Å². The Bertz CT molecular complexity index is 687. The predicted molar refractivity (Wildman–Crippen MR) is 78.2 cm³/mol. The van der Waals surface area contributed by atoms with Crippen molar-refractivity contribution in [2.24, 2.45) is 0 Å². The van der Waals surface area contributed by atoms with Crippen LogP contribution in [0.25, 0.3) is 11.5 Å². The van der Waals surface area contributed by atoms with Crippen LogP contribution in [0.5, 0.6) is 0 Å². The zero-order valence-electron chi connectivity index (χ0n) is 12.0. The Morgan fingerprint density at radius 3 is 3.09 bits per heavy atom. The molecule has 1 saturated heterocycles. The molecule has 0 saturated carbocycles. The molecular weight excluding hydrogens is 286 g/mol. The Morgan fingerprint density at radius 2 is 2.41 bits per heavy atom. The molecule has 2 aromatic heterocycles. The van der Waals surface area contributed by atoms with E-state index in [-0.39, 0.29) is 24.1 Å². The summed E-state index contributed by atoms with van der Waals surface area (Å²) in [6, 6.07) is 4.80. The molecule has 2 aromatic rings. The lowest BCUT2D eigenvalue weighted by Gasteiger charge is -2.11. The van der Waals surface area contributed by atoms with Gasteiger partial charge in [-0.3, -0.25) is 14.2 Å². The van der Waals surface area contributed by atoms with Gasteiger partial charge in [0.1, 0.15) is 12.2 Å². The average molecular weight is 303 g/mol. The highest BCUT2D eigenvalue weighted by atomic mass is 16.5. The molecule has 0 aromatic carbocycles. The van der Waals surface area contributed by atoms with E-state index in [1.165, 1.54) is 23.2 Å². The number of nitrogens with zero attached hydrogens (tertiary/aromatic N) is 2. The van der Waals surface area contributed by atoms with Crippen molar-refractivity contribution in [3.63, 3.8) is 0 Å². The summed E-state index contributed by atoms with van der Waals surface area (Å²) < 4.78 is 11.9. The number of ether oxygens (including phenoxy) is 1. The number of amides is 1. The molecule has 1 N–H and O–H groups in total. The molecule has 1 amide bonds. The van der Waals surface area contributed by atoms with Crippen LogP contribution in [0.2, 0.25) is 0 Å². The van der Waals surface area contributed by atoms with Crippen molar-refractivity contribution in [2.75, 3.05) is 13.2 Å². The van der Waals surface area contributed by atoms with Crippen molar-refractivity contribution in [3.8, 4) is 11.5 Å². The molecule has 1 aliphatic rings. The van der Waals surface area contributed by atoms with Crippen molar-refractivity contribution in [3.05, 3.63) is 41.1 Å². The number of carbonyl (C=O) groups excluding carboxylic acids is 1. The van der Waals surface area contributed by atoms with E-state index in [9.17, 15) is 9.59 Å². The number of carbonyl (C=O) groups is 1. The van der Waals surface area contributed by atoms with E-state index < -0.39 is 0 Å². The summed E-state index contributed by atoms with van der Waals surface area (Å²) in [6.45, 7) is 1.17. The normalized spacial score (nSPS) is 17.5. The molecule has 3 rings (SSSR count). The Morgan fingerprint density at radius 1 is 1.50 bits per heavy atom. The maximum Gasteiger partial charge on any atom is 0.254 e. The van der Waals surface area contributed by atoms with Crippen LogP contribution in [0.15, 0.2) is 40.0 Å². The lowest BCUT2D eigenvalue weighted by atomic mass is 10.2. The third-order valence-electron chi connectivity index (χ3n) is 3.52. The van der Waals surface area contributed by atoms with Gasteiger partial charge in [0.2, 0.25) is 5.91 Å². The fourth-order valence-corrected chi connectivity index (χ4v) is 2.35. The number of rotatable bonds is 5. The highest BCUT2D eigenvalue weighted by Crippen LogP contribution is 2.14. The van der Waals surface area contributed by atoms with Crippen LogP contribution in [-0.2, 0) is 16.1 Å². The largest absolute Gasteiger partial charge is 0.463 e. The highest BCUT2D eigenvalue weighted by Gasteiger charge is 2.16. The zero-order chi connectivity index (χ0) is 15.4. The Kier molecular flexibility index (Phi) is 4.34. The van der Waals surface area contributed by atoms with Crippen molar-refractivity contribution < 1.29 is 13.9 Å². The minimum absolute atomic E-state index is 0.0585. The third-order valence-corrected chi connectivity index (χ3v) is 3.52. The van der Waals surface area contributed by atoms with E-state index in [1.54, 1.807) is 12.1 Å². The molecule has 0 bridgehead atoms. The standard InChI is InChI=1S/C15H17N3O4/c19-14(16-8-11-3-1-5-21-11)9-18-10-17-12(7-15(18)20)13-4-2-6-22-13/h2,4,6-7,10-11H,1,3,5,8-9H2,(H,16,19). The molecule has 0 spiro atoms. The molecule has 7 heteroatoms. The second-order valence-electron chi connectivity index (χ2n) is 5.16. The maximum atomic E-state index is 12.0. The maximum absolute atomic E-state index is 12.0. The first kappa shape index (κ1) is 14.5. The van der Waals surface area contributed by atoms with Gasteiger partial charge >= 0.3 is 0 Å². The molecule has 1 fully saturated rings. The van der Waals surface area contributed by atoms with Crippen LogP contribution in [0, 0.1) is 0 Å². The van der Waals surface area contributed by atoms with Gasteiger partial charge in [-0.25, -0.2) is 4.98 Å². The topological polar surface area (TPSA) is 86.4 Å². The molecule has 1 atom stereocenters. The Labute approximate surface area is 126 Å². The molecule has 22 heavy (non-hydrogen) atoms. The van der Waals surface area contributed by atoms with E-state index in [0.29, 0.717) is 18.0 Å². The molecule has 3 heterocycles. The van der Waals surface area contributed by atoms with Crippen LogP contribution in [0.4, 0.5) is 0 Å². The van der Waals surface area contributed by atoms with E-state index in [4.69, 9.17) is 9.15 Å². The fourth-order valence-electron chi connectivity index (χ4n) is 2.35. The highest BCUT2D eigenvalue weighted by molar-refractivity contribution is 5.75. The lowest BCUT2D eigenvalue weighted by molar-refractivity contribution is -0.122. The summed E-state index contributed by atoms with van der Waals surface area (Å²) >= 11 is 0. The first-order valence-electron chi connectivity index (χ1n) is 7.21. The average Bonchev–Trinajstić information content (AvgIpc) is 3.20. The van der Waals surface area contributed by atoms with Gasteiger partial charge in [-0.15, -0.1) is 0 Å². The molecule has 1 aliphatic heterocycles. The summed E-state index contributed by atoms with van der Waals surface area (Å²) in [4.78, 5) is 28.0. The zero-order valence-corrected chi connectivity index (χ0v) is 12.0. The number of nitrogens with one attached hydrogen (secondary N) is 1. The molecular formula is C15H17N3O4. The van der Waals surface area contributed by atoms with Crippen molar-refractivity contribution in [1.82, 2.24) is 14.9 Å². The molecule has 1 unspecified atom stereocenters. The minimum atomic E-state index is -0.298. The van der Waals surface area contributed by atoms with Gasteiger partial charge in [-0.05, 0) is 25.0 Å². The summed E-state index contributed by atoms with van der Waals surface area (Å²) in [7, 11) is 0. The predicted octanol–water partition coefficient (Wildman–Crippen LogP) is 0.798. The lowest BCUT2D eigenvalue weighted by Crippen LogP contribution is -2.36. The van der Waals surface area contributed by atoms with Crippen LogP contribution < -0.4 is 10.9 Å². The van der Waals surface area contributed by atoms with Gasteiger partial charge in [-0.2, -0.15) is 0 Å². The molecule has 116 valence electrons. The SMILES string of the molecule is O=C(Cn1cnc(-c2ccco2)cc1=O)NCC1CCCO1. The van der Waals surface area contributed by atoms with E-state index in [1.807, 2.05) is 0 Å². The quantitative estimate of drug-likeness (QED) is 0.883. The number of hydrogen-bond donors (Lipinski definition) is 1. The van der Waals surface area contributed by atoms with E-state index >= 15 is 0 Å². The third kappa shape index (κ3) is 3.43. The number of hydrogen-bond acceptors (Lipinski definition) is 5. The van der Waals surface area contributed by atoms with E-state index in [0.717, 1.165) is 19.4 Å². The second kappa shape index (κ2) is 6.57. The van der Waals surface area contributed by atoms with Crippen LogP contribution in [0.3, 0.4) is 0 Å². The second-order valence-corrected chi connectivity index (χ2v) is 5.16. The molecule has 7 nitrogen and oxygen atoms in total. The van der Waals surface area contributed by atoms with Crippen LogP contribution in [0.1, 0.15) is 12.8 Å². The summed E-state index contributed by atoms with van der Waals surface area (Å²) in [5, 5.41) is 2.77. The van der Waals surface area contributed by atoms with Gasteiger partial charge in [0.15, 0.2) is 5.76 Å². The number of aromatic nitrogens is 2. The van der Waals surface area contributed by atoms with Crippen LogP contribution >= 0.6 is 0 Å². The molecule has 0 radical (unpaired) electrons.